The van der Waals surface area contributed by atoms with Gasteiger partial charge in [0.15, 0.2) is 5.69 Å². The quantitative estimate of drug-likeness (QED) is 0.793. The molecule has 2 aromatic rings. The van der Waals surface area contributed by atoms with E-state index in [-0.39, 0.29) is 11.9 Å². The predicted molar refractivity (Wildman–Crippen MR) is 105 cm³/mol. The van der Waals surface area contributed by atoms with E-state index >= 15 is 0 Å². The number of carbonyl (C=O) groups excluding carboxylic acids is 1. The van der Waals surface area contributed by atoms with E-state index in [2.05, 4.69) is 15.1 Å². The van der Waals surface area contributed by atoms with Crippen molar-refractivity contribution in [1.82, 2.24) is 24.8 Å². The van der Waals surface area contributed by atoms with E-state index in [0.717, 1.165) is 63.0 Å². The second kappa shape index (κ2) is 8.86. The Labute approximate surface area is 163 Å². The standard InChI is InChI=1S/C19H25N5O2S/c25-19(18-13-20-24(21-18)16-5-2-1-3-6-16)23-7-4-12-27-15-17(23)14-22-8-10-26-11-9-22/h1-3,5-6,13,17H,4,7-12,14-15H2. The van der Waals surface area contributed by atoms with E-state index in [1.165, 1.54) is 4.80 Å². The van der Waals surface area contributed by atoms with Gasteiger partial charge in [-0.1, -0.05) is 18.2 Å². The Morgan fingerprint density at radius 2 is 2.00 bits per heavy atom. The fourth-order valence-corrected chi connectivity index (χ4v) is 4.58. The number of nitrogens with zero attached hydrogens (tertiary/aromatic N) is 5. The molecule has 0 aliphatic carbocycles. The third kappa shape index (κ3) is 4.51. The molecule has 0 spiro atoms. The average molecular weight is 388 g/mol. The van der Waals surface area contributed by atoms with Crippen LogP contribution < -0.4 is 0 Å². The van der Waals surface area contributed by atoms with E-state index in [1.807, 2.05) is 47.0 Å². The molecule has 27 heavy (non-hydrogen) atoms. The number of para-hydroxylation sites is 1. The molecule has 0 N–H and O–H groups in total. The molecule has 2 fully saturated rings. The van der Waals surface area contributed by atoms with Gasteiger partial charge in [-0.2, -0.15) is 21.7 Å². The van der Waals surface area contributed by atoms with Crippen LogP contribution in [-0.2, 0) is 4.74 Å². The van der Waals surface area contributed by atoms with Gasteiger partial charge >= 0.3 is 0 Å². The molecule has 2 aliphatic rings. The van der Waals surface area contributed by atoms with Gasteiger partial charge in [-0.05, 0) is 24.3 Å². The molecule has 1 atom stereocenters. The van der Waals surface area contributed by atoms with Gasteiger partial charge in [-0.25, -0.2) is 0 Å². The minimum atomic E-state index is -0.0158. The number of carbonyl (C=O) groups is 1. The van der Waals surface area contributed by atoms with Crippen molar-refractivity contribution in [2.75, 3.05) is 50.9 Å². The van der Waals surface area contributed by atoms with Crippen LogP contribution in [0, 0.1) is 0 Å². The topological polar surface area (TPSA) is 63.5 Å². The third-order valence-electron chi connectivity index (χ3n) is 4.97. The second-order valence-electron chi connectivity index (χ2n) is 6.85. The van der Waals surface area contributed by atoms with Gasteiger partial charge in [0.2, 0.25) is 0 Å². The maximum absolute atomic E-state index is 13.2. The fraction of sp³-hybridized carbons (Fsp3) is 0.526. The molecule has 2 saturated heterocycles. The van der Waals surface area contributed by atoms with Crippen molar-refractivity contribution in [3.63, 3.8) is 0 Å². The minimum absolute atomic E-state index is 0.0158. The smallest absolute Gasteiger partial charge is 0.276 e. The van der Waals surface area contributed by atoms with E-state index in [1.54, 1.807) is 6.20 Å². The first-order chi connectivity index (χ1) is 13.3. The van der Waals surface area contributed by atoms with Gasteiger partial charge < -0.3 is 9.64 Å². The van der Waals surface area contributed by atoms with E-state index in [0.29, 0.717) is 5.69 Å². The molecule has 4 rings (SSSR count). The number of benzene rings is 1. The van der Waals surface area contributed by atoms with Crippen LogP contribution in [0.5, 0.6) is 0 Å². The third-order valence-corrected chi connectivity index (χ3v) is 6.17. The highest BCUT2D eigenvalue weighted by Crippen LogP contribution is 2.20. The van der Waals surface area contributed by atoms with Crippen LogP contribution in [-0.4, -0.2) is 87.6 Å². The first kappa shape index (κ1) is 18.5. The van der Waals surface area contributed by atoms with Crippen molar-refractivity contribution in [1.29, 1.82) is 0 Å². The number of amides is 1. The van der Waals surface area contributed by atoms with E-state index in [4.69, 9.17) is 4.74 Å². The summed E-state index contributed by atoms with van der Waals surface area (Å²) in [6, 6.07) is 9.88. The zero-order chi connectivity index (χ0) is 18.5. The lowest BCUT2D eigenvalue weighted by molar-refractivity contribution is 0.0244. The predicted octanol–water partition coefficient (Wildman–Crippen LogP) is 1.55. The molecule has 144 valence electrons. The molecule has 0 saturated carbocycles. The van der Waals surface area contributed by atoms with Crippen molar-refractivity contribution in [2.45, 2.75) is 12.5 Å². The molecule has 1 aromatic heterocycles. The molecule has 7 nitrogen and oxygen atoms in total. The number of hydrogen-bond acceptors (Lipinski definition) is 6. The van der Waals surface area contributed by atoms with Crippen LogP contribution in [0.4, 0.5) is 0 Å². The lowest BCUT2D eigenvalue weighted by Crippen LogP contribution is -2.50. The largest absolute Gasteiger partial charge is 0.379 e. The summed E-state index contributed by atoms with van der Waals surface area (Å²) >= 11 is 1.94. The summed E-state index contributed by atoms with van der Waals surface area (Å²) in [4.78, 5) is 19.1. The molecule has 0 radical (unpaired) electrons. The van der Waals surface area contributed by atoms with Gasteiger partial charge in [0.1, 0.15) is 0 Å². The zero-order valence-electron chi connectivity index (χ0n) is 15.4. The summed E-state index contributed by atoms with van der Waals surface area (Å²) in [5.41, 5.74) is 1.27. The van der Waals surface area contributed by atoms with Crippen LogP contribution >= 0.6 is 11.8 Å². The molecule has 0 bridgehead atoms. The summed E-state index contributed by atoms with van der Waals surface area (Å²) < 4.78 is 5.45. The van der Waals surface area contributed by atoms with Crippen LogP contribution in [0.15, 0.2) is 36.5 Å². The highest BCUT2D eigenvalue weighted by molar-refractivity contribution is 7.99. The molecular formula is C19H25N5O2S. The Morgan fingerprint density at radius 1 is 1.19 bits per heavy atom. The normalized spacial score (nSPS) is 21.8. The molecule has 2 aliphatic heterocycles. The summed E-state index contributed by atoms with van der Waals surface area (Å²) in [6.45, 7) is 5.10. The summed E-state index contributed by atoms with van der Waals surface area (Å²) in [5, 5.41) is 8.73. The van der Waals surface area contributed by atoms with E-state index in [9.17, 15) is 4.79 Å². The van der Waals surface area contributed by atoms with Crippen LogP contribution in [0.1, 0.15) is 16.9 Å². The van der Waals surface area contributed by atoms with Crippen molar-refractivity contribution >= 4 is 17.7 Å². The van der Waals surface area contributed by atoms with Gasteiger partial charge in [0.05, 0.1) is 31.1 Å². The number of thioether (sulfide) groups is 1. The molecule has 1 aromatic carbocycles. The summed E-state index contributed by atoms with van der Waals surface area (Å²) in [7, 11) is 0. The summed E-state index contributed by atoms with van der Waals surface area (Å²) in [6.07, 6.45) is 2.60. The number of aromatic nitrogens is 3. The average Bonchev–Trinajstić information content (AvgIpc) is 3.10. The zero-order valence-corrected chi connectivity index (χ0v) is 16.2. The lowest BCUT2D eigenvalue weighted by atomic mass is 10.2. The van der Waals surface area contributed by atoms with E-state index < -0.39 is 0 Å². The van der Waals surface area contributed by atoms with Crippen LogP contribution in [0.25, 0.3) is 5.69 Å². The van der Waals surface area contributed by atoms with Crippen LogP contribution in [0.3, 0.4) is 0 Å². The molecule has 1 unspecified atom stereocenters. The number of morpholine rings is 1. The van der Waals surface area contributed by atoms with Gasteiger partial charge in [-0.15, -0.1) is 5.10 Å². The number of ether oxygens (including phenoxy) is 1. The Morgan fingerprint density at radius 3 is 2.81 bits per heavy atom. The lowest BCUT2D eigenvalue weighted by Gasteiger charge is -2.35. The van der Waals surface area contributed by atoms with Crippen molar-refractivity contribution < 1.29 is 9.53 Å². The van der Waals surface area contributed by atoms with Crippen LogP contribution in [0.2, 0.25) is 0 Å². The first-order valence-electron chi connectivity index (χ1n) is 9.48. The first-order valence-corrected chi connectivity index (χ1v) is 10.6. The van der Waals surface area contributed by atoms with Crippen molar-refractivity contribution in [3.05, 3.63) is 42.2 Å². The molecular weight excluding hydrogens is 362 g/mol. The fourth-order valence-electron chi connectivity index (χ4n) is 3.52. The highest BCUT2D eigenvalue weighted by atomic mass is 32.2. The van der Waals surface area contributed by atoms with Gasteiger partial charge in [-0.3, -0.25) is 9.69 Å². The van der Waals surface area contributed by atoms with Crippen molar-refractivity contribution in [3.8, 4) is 5.69 Å². The SMILES string of the molecule is O=C(c1cnn(-c2ccccc2)n1)N1CCCSCC1CN1CCOCC1. The maximum atomic E-state index is 13.2. The maximum Gasteiger partial charge on any atom is 0.276 e. The number of hydrogen-bond donors (Lipinski definition) is 0. The monoisotopic (exact) mass is 387 g/mol. The Hall–Kier alpha value is -1.90. The summed E-state index contributed by atoms with van der Waals surface area (Å²) in [5.74, 6) is 2.05. The molecule has 3 heterocycles. The Kier molecular flexibility index (Phi) is 6.06. The molecule has 8 heteroatoms. The Balaban J connectivity index is 1.50. The minimum Gasteiger partial charge on any atom is -0.379 e. The van der Waals surface area contributed by atoms with Gasteiger partial charge in [0, 0.05) is 31.9 Å². The number of rotatable bonds is 4. The Bertz CT molecular complexity index is 748. The van der Waals surface area contributed by atoms with Gasteiger partial charge in [0.25, 0.3) is 5.91 Å². The van der Waals surface area contributed by atoms with Crippen molar-refractivity contribution in [2.24, 2.45) is 0 Å². The highest BCUT2D eigenvalue weighted by Gasteiger charge is 2.30. The molecule has 1 amide bonds. The second-order valence-corrected chi connectivity index (χ2v) is 8.00.